The van der Waals surface area contributed by atoms with E-state index in [-0.39, 0.29) is 18.4 Å². The topological polar surface area (TPSA) is 79.8 Å². The van der Waals surface area contributed by atoms with Crippen LogP contribution in [0.1, 0.15) is 42.2 Å². The third-order valence-electron chi connectivity index (χ3n) is 5.15. The highest BCUT2D eigenvalue weighted by Gasteiger charge is 2.21. The predicted molar refractivity (Wildman–Crippen MR) is 123 cm³/mol. The van der Waals surface area contributed by atoms with E-state index < -0.39 is 5.97 Å². The Hall–Kier alpha value is -3.52. The number of amides is 2. The molecular formula is C24H23N3O4S. The van der Waals surface area contributed by atoms with Crippen molar-refractivity contribution in [3.8, 4) is 0 Å². The Morgan fingerprint density at radius 1 is 1.09 bits per heavy atom. The molecule has 0 atom stereocenters. The number of nitrogens with zero attached hydrogens (tertiary/aromatic N) is 3. The second-order valence-electron chi connectivity index (χ2n) is 7.44. The Balaban J connectivity index is 1.39. The lowest BCUT2D eigenvalue weighted by molar-refractivity contribution is -0.119. The molecule has 1 fully saturated rings. The molecule has 1 aliphatic heterocycles. The van der Waals surface area contributed by atoms with Crippen LogP contribution < -0.4 is 9.80 Å². The maximum Gasteiger partial charge on any atom is 0.338 e. The number of carbonyl (C=O) groups excluding carboxylic acids is 3. The molecule has 0 radical (unpaired) electrons. The maximum atomic E-state index is 12.4. The van der Waals surface area contributed by atoms with Crippen molar-refractivity contribution in [2.45, 2.75) is 32.8 Å². The van der Waals surface area contributed by atoms with Crippen LogP contribution in [0.3, 0.4) is 0 Å². The number of carbonyl (C=O) groups is 3. The van der Waals surface area contributed by atoms with Gasteiger partial charge in [0.2, 0.25) is 11.8 Å². The van der Waals surface area contributed by atoms with E-state index in [1.165, 1.54) is 23.2 Å². The number of para-hydroxylation sites is 1. The summed E-state index contributed by atoms with van der Waals surface area (Å²) in [4.78, 5) is 44.4. The molecule has 3 aromatic rings. The van der Waals surface area contributed by atoms with E-state index in [0.717, 1.165) is 24.2 Å². The van der Waals surface area contributed by atoms with Crippen LogP contribution in [-0.4, -0.2) is 29.3 Å². The van der Waals surface area contributed by atoms with Crippen LogP contribution in [0.15, 0.2) is 60.0 Å². The number of hydrogen-bond acceptors (Lipinski definition) is 6. The molecule has 0 spiro atoms. The highest BCUT2D eigenvalue weighted by Crippen LogP contribution is 2.29. The average molecular weight is 450 g/mol. The van der Waals surface area contributed by atoms with Crippen molar-refractivity contribution in [2.24, 2.45) is 0 Å². The summed E-state index contributed by atoms with van der Waals surface area (Å²) in [6.45, 7) is 2.19. The Morgan fingerprint density at radius 2 is 1.84 bits per heavy atom. The van der Waals surface area contributed by atoms with Crippen LogP contribution in [0, 0.1) is 0 Å². The molecule has 0 N–H and O–H groups in total. The minimum Gasteiger partial charge on any atom is -0.456 e. The minimum absolute atomic E-state index is 0.00221. The summed E-state index contributed by atoms with van der Waals surface area (Å²) in [5.74, 6) is -0.509. The molecule has 2 amide bonds. The highest BCUT2D eigenvalue weighted by atomic mass is 32.1. The maximum absolute atomic E-state index is 12.4. The number of benzene rings is 2. The van der Waals surface area contributed by atoms with Gasteiger partial charge in [-0.1, -0.05) is 18.2 Å². The summed E-state index contributed by atoms with van der Waals surface area (Å²) in [5, 5.41) is 2.29. The van der Waals surface area contributed by atoms with Gasteiger partial charge in [0, 0.05) is 31.0 Å². The molecule has 4 rings (SSSR count). The van der Waals surface area contributed by atoms with Crippen molar-refractivity contribution in [1.29, 1.82) is 0 Å². The molecule has 8 heteroatoms. The monoisotopic (exact) mass is 449 g/mol. The molecule has 32 heavy (non-hydrogen) atoms. The van der Waals surface area contributed by atoms with Crippen LogP contribution >= 0.6 is 11.3 Å². The Bertz CT molecular complexity index is 1110. The fourth-order valence-electron chi connectivity index (χ4n) is 3.55. The summed E-state index contributed by atoms with van der Waals surface area (Å²) >= 11 is 1.31. The standard InChI is InChI=1S/C24H23N3O4S/c1-17(28)27(21-7-3-2-4-8-21)24-25-19(16-32-24)15-31-23(30)18-10-12-20(13-11-18)26-14-6-5-9-22(26)29/h2-4,7-8,10-13,16H,5-6,9,14-15H2,1H3. The van der Waals surface area contributed by atoms with Crippen LogP contribution in [0.4, 0.5) is 16.5 Å². The fourth-order valence-corrected chi connectivity index (χ4v) is 4.42. The van der Waals surface area contributed by atoms with Crippen LogP contribution in [-0.2, 0) is 20.9 Å². The van der Waals surface area contributed by atoms with Gasteiger partial charge >= 0.3 is 5.97 Å². The second kappa shape index (κ2) is 9.74. The van der Waals surface area contributed by atoms with Crippen LogP contribution in [0.2, 0.25) is 0 Å². The van der Waals surface area contributed by atoms with Gasteiger partial charge in [-0.25, -0.2) is 9.78 Å². The molecule has 2 heterocycles. The Kier molecular flexibility index (Phi) is 6.61. The molecule has 0 saturated carbocycles. The summed E-state index contributed by atoms with van der Waals surface area (Å²) in [6, 6.07) is 16.1. The van der Waals surface area contributed by atoms with Crippen molar-refractivity contribution in [1.82, 2.24) is 4.98 Å². The smallest absolute Gasteiger partial charge is 0.338 e. The minimum atomic E-state index is -0.470. The molecular weight excluding hydrogens is 426 g/mol. The largest absolute Gasteiger partial charge is 0.456 e. The van der Waals surface area contributed by atoms with Crippen molar-refractivity contribution in [3.05, 3.63) is 71.2 Å². The SMILES string of the molecule is CC(=O)N(c1ccccc1)c1nc(COC(=O)c2ccc(N3CCCCC3=O)cc2)cs1. The molecule has 0 bridgehead atoms. The average Bonchev–Trinajstić information content (AvgIpc) is 3.27. The van der Waals surface area contributed by atoms with E-state index in [9.17, 15) is 14.4 Å². The van der Waals surface area contributed by atoms with Gasteiger partial charge in [0.1, 0.15) is 6.61 Å². The number of thiazole rings is 1. The summed E-state index contributed by atoms with van der Waals surface area (Å²) in [6.07, 6.45) is 2.47. The zero-order valence-corrected chi connectivity index (χ0v) is 18.5. The number of esters is 1. The number of ether oxygens (including phenoxy) is 1. The lowest BCUT2D eigenvalue weighted by Crippen LogP contribution is -2.35. The van der Waals surface area contributed by atoms with Crippen molar-refractivity contribution >= 4 is 45.6 Å². The first-order valence-corrected chi connectivity index (χ1v) is 11.3. The molecule has 7 nitrogen and oxygen atoms in total. The molecule has 1 saturated heterocycles. The number of anilines is 3. The lowest BCUT2D eigenvalue weighted by Gasteiger charge is -2.26. The van der Waals surface area contributed by atoms with Crippen molar-refractivity contribution in [2.75, 3.05) is 16.3 Å². The first kappa shape index (κ1) is 21.7. The molecule has 0 aliphatic carbocycles. The van der Waals surface area contributed by atoms with Gasteiger partial charge in [-0.2, -0.15) is 0 Å². The molecule has 1 aromatic heterocycles. The van der Waals surface area contributed by atoms with Gasteiger partial charge < -0.3 is 9.64 Å². The van der Waals surface area contributed by atoms with E-state index in [1.807, 2.05) is 30.3 Å². The first-order valence-electron chi connectivity index (χ1n) is 10.4. The van der Waals surface area contributed by atoms with Gasteiger partial charge in [-0.3, -0.25) is 14.5 Å². The zero-order chi connectivity index (χ0) is 22.5. The molecule has 1 aliphatic rings. The van der Waals surface area contributed by atoms with Gasteiger partial charge in [0.15, 0.2) is 5.13 Å². The predicted octanol–water partition coefficient (Wildman–Crippen LogP) is 4.70. The van der Waals surface area contributed by atoms with Gasteiger partial charge in [0.05, 0.1) is 16.9 Å². The number of hydrogen-bond donors (Lipinski definition) is 0. The van der Waals surface area contributed by atoms with Gasteiger partial charge in [-0.05, 0) is 49.2 Å². The number of rotatable bonds is 6. The van der Waals surface area contributed by atoms with E-state index >= 15 is 0 Å². The number of piperidine rings is 1. The summed E-state index contributed by atoms with van der Waals surface area (Å²) in [7, 11) is 0. The normalized spacial score (nSPS) is 13.7. The van der Waals surface area contributed by atoms with E-state index in [2.05, 4.69) is 4.98 Å². The third kappa shape index (κ3) is 4.86. The van der Waals surface area contributed by atoms with E-state index in [0.29, 0.717) is 29.4 Å². The van der Waals surface area contributed by atoms with Crippen LogP contribution in [0.5, 0.6) is 0 Å². The molecule has 164 valence electrons. The number of aromatic nitrogens is 1. The third-order valence-corrected chi connectivity index (χ3v) is 6.02. The summed E-state index contributed by atoms with van der Waals surface area (Å²) < 4.78 is 5.40. The van der Waals surface area contributed by atoms with Gasteiger partial charge in [0.25, 0.3) is 0 Å². The quantitative estimate of drug-likeness (QED) is 0.510. The lowest BCUT2D eigenvalue weighted by atomic mass is 10.1. The van der Waals surface area contributed by atoms with Crippen molar-refractivity contribution in [3.63, 3.8) is 0 Å². The van der Waals surface area contributed by atoms with Crippen molar-refractivity contribution < 1.29 is 19.1 Å². The van der Waals surface area contributed by atoms with E-state index in [4.69, 9.17) is 4.74 Å². The molecule has 0 unspecified atom stereocenters. The van der Waals surface area contributed by atoms with E-state index in [1.54, 1.807) is 34.5 Å². The first-order chi connectivity index (χ1) is 15.5. The Morgan fingerprint density at radius 3 is 2.53 bits per heavy atom. The Labute approximate surface area is 190 Å². The highest BCUT2D eigenvalue weighted by molar-refractivity contribution is 7.14. The van der Waals surface area contributed by atoms with Crippen LogP contribution in [0.25, 0.3) is 0 Å². The fraction of sp³-hybridized carbons (Fsp3) is 0.250. The summed E-state index contributed by atoms with van der Waals surface area (Å²) in [5.41, 5.74) is 2.49. The zero-order valence-electron chi connectivity index (χ0n) is 17.7. The second-order valence-corrected chi connectivity index (χ2v) is 8.27. The molecule has 2 aromatic carbocycles. The van der Waals surface area contributed by atoms with Gasteiger partial charge in [-0.15, -0.1) is 11.3 Å².